The molecule has 1 aliphatic rings. The SMILES string of the molecule is Cc1cccc(C)c1N1C=[N+](c2c(C)cccc2C)B(N(C)C)B1N(C)C. The van der Waals surface area contributed by atoms with Crippen LogP contribution in [0.25, 0.3) is 0 Å². The first kappa shape index (κ1) is 19.7. The Balaban J connectivity index is 2.25. The van der Waals surface area contributed by atoms with E-state index in [2.05, 4.69) is 118 Å². The Morgan fingerprint density at radius 1 is 0.741 bits per heavy atom. The van der Waals surface area contributed by atoms with Crippen LogP contribution in [0.3, 0.4) is 0 Å². The first-order valence-electron chi connectivity index (χ1n) is 9.61. The van der Waals surface area contributed by atoms with Crippen LogP contribution < -0.4 is 4.81 Å². The number of benzene rings is 2. The molecule has 4 nitrogen and oxygen atoms in total. The molecule has 0 fully saturated rings. The highest BCUT2D eigenvalue weighted by atomic mass is 15.3. The van der Waals surface area contributed by atoms with Gasteiger partial charge in [0.1, 0.15) is 11.4 Å². The number of hydrogen-bond donors (Lipinski definition) is 0. The standard InChI is InChI=1S/C21H31B2N4/c1-16-11-9-12-17(2)20(16)26-15-27(21-18(3)13-10-14-19(21)4)23(25(7)8)22(26)24(5)6/h9-15H,1-8H3/q+1. The Labute approximate surface area is 165 Å². The minimum Gasteiger partial charge on any atom is -0.308 e. The monoisotopic (exact) mass is 361 g/mol. The van der Waals surface area contributed by atoms with Crippen molar-refractivity contribution in [2.24, 2.45) is 0 Å². The Hall–Kier alpha value is -2.04. The van der Waals surface area contributed by atoms with E-state index in [9.17, 15) is 0 Å². The fourth-order valence-electron chi connectivity index (χ4n) is 4.39. The molecule has 0 saturated carbocycles. The van der Waals surface area contributed by atoms with Gasteiger partial charge >= 0.3 is 13.7 Å². The van der Waals surface area contributed by atoms with Crippen molar-refractivity contribution in [3.05, 3.63) is 58.7 Å². The van der Waals surface area contributed by atoms with Crippen molar-refractivity contribution in [3.63, 3.8) is 0 Å². The zero-order valence-electron chi connectivity index (χ0n) is 18.0. The molecule has 0 spiro atoms. The van der Waals surface area contributed by atoms with Crippen LogP contribution in [0.15, 0.2) is 36.4 Å². The van der Waals surface area contributed by atoms with Crippen LogP contribution >= 0.6 is 0 Å². The predicted molar refractivity (Wildman–Crippen MR) is 119 cm³/mol. The molecule has 0 aromatic heterocycles. The second kappa shape index (κ2) is 7.53. The summed E-state index contributed by atoms with van der Waals surface area (Å²) < 4.78 is 2.45. The fourth-order valence-corrected chi connectivity index (χ4v) is 4.39. The van der Waals surface area contributed by atoms with Crippen LogP contribution in [0.5, 0.6) is 0 Å². The summed E-state index contributed by atoms with van der Waals surface area (Å²) in [5, 5.41) is 0. The molecule has 0 bridgehead atoms. The maximum Gasteiger partial charge on any atom is 0.506 e. The van der Waals surface area contributed by atoms with Gasteiger partial charge in [0, 0.05) is 0 Å². The molecule has 2 aromatic rings. The van der Waals surface area contributed by atoms with E-state index in [4.69, 9.17) is 0 Å². The van der Waals surface area contributed by atoms with Gasteiger partial charge in [-0.15, -0.1) is 0 Å². The summed E-state index contributed by atoms with van der Waals surface area (Å²) >= 11 is 0. The molecule has 0 radical (unpaired) electrons. The van der Waals surface area contributed by atoms with E-state index in [1.165, 1.54) is 33.6 Å². The van der Waals surface area contributed by atoms with E-state index < -0.39 is 0 Å². The molecular weight excluding hydrogens is 330 g/mol. The smallest absolute Gasteiger partial charge is 0.308 e. The molecule has 1 heterocycles. The highest BCUT2D eigenvalue weighted by Crippen LogP contribution is 2.32. The summed E-state index contributed by atoms with van der Waals surface area (Å²) in [5.41, 5.74) is 7.82. The highest BCUT2D eigenvalue weighted by molar-refractivity contribution is 7.20. The molecule has 1 aliphatic heterocycles. The van der Waals surface area contributed by atoms with Gasteiger partial charge in [-0.1, -0.05) is 36.4 Å². The van der Waals surface area contributed by atoms with Gasteiger partial charge in [0.05, 0.1) is 0 Å². The topological polar surface area (TPSA) is 12.7 Å². The van der Waals surface area contributed by atoms with Crippen LogP contribution in [0.4, 0.5) is 11.4 Å². The predicted octanol–water partition coefficient (Wildman–Crippen LogP) is 3.29. The van der Waals surface area contributed by atoms with Crippen LogP contribution in [0, 0.1) is 27.7 Å². The van der Waals surface area contributed by atoms with Gasteiger partial charge in [-0.2, -0.15) is 0 Å². The lowest BCUT2D eigenvalue weighted by Crippen LogP contribution is -2.62. The van der Waals surface area contributed by atoms with Crippen LogP contribution in [0.1, 0.15) is 22.3 Å². The summed E-state index contributed by atoms with van der Waals surface area (Å²) in [6.45, 7) is 9.23. The number of rotatable bonds is 4. The zero-order valence-corrected chi connectivity index (χ0v) is 18.0. The van der Waals surface area contributed by atoms with Gasteiger partial charge < -0.3 is 9.62 Å². The number of aryl methyl sites for hydroxylation is 4. The molecule has 0 unspecified atom stereocenters. The van der Waals surface area contributed by atoms with Gasteiger partial charge in [-0.05, 0) is 78.1 Å². The average molecular weight is 361 g/mol. The quantitative estimate of drug-likeness (QED) is 0.776. The molecule has 0 amide bonds. The number of hydrogen-bond acceptors (Lipinski definition) is 3. The van der Waals surface area contributed by atoms with Gasteiger partial charge in [0.15, 0.2) is 0 Å². The number of nitrogens with zero attached hydrogens (tertiary/aromatic N) is 4. The lowest BCUT2D eigenvalue weighted by atomic mass is 9.32. The molecule has 0 atom stereocenters. The van der Waals surface area contributed by atoms with Crippen molar-refractivity contribution in [1.29, 1.82) is 0 Å². The van der Waals surface area contributed by atoms with Crippen LogP contribution in [-0.2, 0) is 0 Å². The van der Waals surface area contributed by atoms with Crippen LogP contribution in [-0.4, -0.2) is 62.4 Å². The maximum atomic E-state index is 2.45. The largest absolute Gasteiger partial charge is 0.506 e. The van der Waals surface area contributed by atoms with E-state index in [-0.39, 0.29) is 13.7 Å². The first-order valence-corrected chi connectivity index (χ1v) is 9.61. The molecule has 0 saturated heterocycles. The second-order valence-electron chi connectivity index (χ2n) is 8.17. The van der Waals surface area contributed by atoms with Crippen molar-refractivity contribution in [2.75, 3.05) is 33.0 Å². The van der Waals surface area contributed by atoms with Crippen molar-refractivity contribution >= 4 is 31.5 Å². The van der Waals surface area contributed by atoms with Gasteiger partial charge in [-0.25, -0.2) is 0 Å². The van der Waals surface area contributed by atoms with Gasteiger partial charge in [0.2, 0.25) is 6.34 Å². The molecule has 6 heteroatoms. The van der Waals surface area contributed by atoms with Crippen molar-refractivity contribution in [2.45, 2.75) is 27.7 Å². The Morgan fingerprint density at radius 2 is 1.22 bits per heavy atom. The van der Waals surface area contributed by atoms with E-state index in [0.717, 1.165) is 0 Å². The zero-order chi connectivity index (χ0) is 19.9. The van der Waals surface area contributed by atoms with E-state index in [1.807, 2.05) is 0 Å². The summed E-state index contributed by atoms with van der Waals surface area (Å²) in [6, 6.07) is 13.1. The Kier molecular flexibility index (Phi) is 5.50. The van der Waals surface area contributed by atoms with E-state index in [1.54, 1.807) is 0 Å². The number of anilines is 1. The lowest BCUT2D eigenvalue weighted by molar-refractivity contribution is -0.285. The van der Waals surface area contributed by atoms with E-state index >= 15 is 0 Å². The summed E-state index contributed by atoms with van der Waals surface area (Å²) in [6.07, 6.45) is 2.31. The molecule has 27 heavy (non-hydrogen) atoms. The first-order chi connectivity index (χ1) is 12.7. The summed E-state index contributed by atoms with van der Waals surface area (Å²) in [7, 11) is 8.68. The minimum absolute atomic E-state index is 0.207. The third kappa shape index (κ3) is 3.44. The molecule has 3 rings (SSSR count). The molecule has 0 aliphatic carbocycles. The van der Waals surface area contributed by atoms with Crippen molar-refractivity contribution in [1.82, 2.24) is 9.62 Å². The minimum atomic E-state index is 0.207. The molecule has 2 aromatic carbocycles. The average Bonchev–Trinajstić information content (AvgIpc) is 2.95. The molecular formula is C21H31B2N4+. The second-order valence-corrected chi connectivity index (χ2v) is 8.17. The van der Waals surface area contributed by atoms with Crippen molar-refractivity contribution < 1.29 is 4.49 Å². The fraction of sp³-hybridized carbons (Fsp3) is 0.381. The summed E-state index contributed by atoms with van der Waals surface area (Å²) in [5.74, 6) is 0. The Bertz CT molecular complexity index is 836. The summed E-state index contributed by atoms with van der Waals surface area (Å²) in [4.78, 5) is 7.09. The van der Waals surface area contributed by atoms with Gasteiger partial charge in [0.25, 0.3) is 0 Å². The molecule has 140 valence electrons. The van der Waals surface area contributed by atoms with Crippen LogP contribution in [0.2, 0.25) is 0 Å². The van der Waals surface area contributed by atoms with Crippen molar-refractivity contribution in [3.8, 4) is 0 Å². The Morgan fingerprint density at radius 3 is 1.67 bits per heavy atom. The maximum absolute atomic E-state index is 2.45. The molecule has 0 N–H and O–H groups in total. The number of para-hydroxylation sites is 2. The third-order valence-corrected chi connectivity index (χ3v) is 5.54. The third-order valence-electron chi connectivity index (χ3n) is 5.54. The van der Waals surface area contributed by atoms with E-state index in [0.29, 0.717) is 0 Å². The lowest BCUT2D eigenvalue weighted by Gasteiger charge is -2.26. The van der Waals surface area contributed by atoms with Gasteiger partial charge in [-0.3, -0.25) is 9.30 Å². The highest BCUT2D eigenvalue weighted by Gasteiger charge is 2.59. The normalized spacial score (nSPS) is 14.6.